The van der Waals surface area contributed by atoms with Gasteiger partial charge in [0, 0.05) is 10.7 Å². The molecule has 0 bridgehead atoms. The number of aromatic nitrogens is 3. The second-order valence-corrected chi connectivity index (χ2v) is 5.60. The minimum Gasteiger partial charge on any atom is -0.248 e. The van der Waals surface area contributed by atoms with Gasteiger partial charge in [0.1, 0.15) is 0 Å². The Balaban J connectivity index is 1.98. The summed E-state index contributed by atoms with van der Waals surface area (Å²) in [5.41, 5.74) is 3.55. The van der Waals surface area contributed by atoms with Crippen molar-refractivity contribution in [2.45, 2.75) is 6.54 Å². The Labute approximate surface area is 132 Å². The van der Waals surface area contributed by atoms with Crippen LogP contribution in [0.5, 0.6) is 0 Å². The molecule has 3 rings (SSSR count). The Morgan fingerprint density at radius 1 is 1.05 bits per heavy atom. The summed E-state index contributed by atoms with van der Waals surface area (Å²) in [5.74, 6) is 0. The highest BCUT2D eigenvalue weighted by Gasteiger charge is 2.04. The van der Waals surface area contributed by atoms with Crippen LogP contribution in [0.3, 0.4) is 0 Å². The molecule has 1 aromatic heterocycles. The number of hydrogen-bond acceptors (Lipinski definition) is 2. The van der Waals surface area contributed by atoms with Crippen molar-refractivity contribution in [1.82, 2.24) is 15.0 Å². The molecule has 0 aliphatic rings. The van der Waals surface area contributed by atoms with E-state index in [9.17, 15) is 0 Å². The van der Waals surface area contributed by atoms with Gasteiger partial charge in [-0.15, -0.1) is 5.10 Å². The van der Waals surface area contributed by atoms with Crippen LogP contribution < -0.4 is 0 Å². The smallest absolute Gasteiger partial charge is 0.0693 e. The second-order valence-electron chi connectivity index (χ2n) is 4.69. The zero-order valence-electron chi connectivity index (χ0n) is 11.4. The van der Waals surface area contributed by atoms with Crippen molar-refractivity contribution >= 4 is 27.6 Å². The average Bonchev–Trinajstić information content (AvgIpc) is 3.01. The lowest BCUT2D eigenvalue weighted by Gasteiger charge is -2.09. The molecule has 0 spiro atoms. The molecule has 3 aromatic rings. The Morgan fingerprint density at radius 2 is 1.81 bits per heavy atom. The van der Waals surface area contributed by atoms with E-state index in [1.807, 2.05) is 29.1 Å². The van der Waals surface area contributed by atoms with Crippen LogP contribution in [0.1, 0.15) is 11.1 Å². The monoisotopic (exact) mass is 339 g/mol. The van der Waals surface area contributed by atoms with Gasteiger partial charge in [-0.1, -0.05) is 63.6 Å². The summed E-state index contributed by atoms with van der Waals surface area (Å²) in [7, 11) is 0. The van der Waals surface area contributed by atoms with Gasteiger partial charge in [-0.05, 0) is 34.9 Å². The van der Waals surface area contributed by atoms with Gasteiger partial charge in [0.25, 0.3) is 0 Å². The third kappa shape index (κ3) is 3.67. The van der Waals surface area contributed by atoms with Crippen molar-refractivity contribution in [1.29, 1.82) is 0 Å². The zero-order chi connectivity index (χ0) is 14.5. The van der Waals surface area contributed by atoms with Crippen molar-refractivity contribution < 1.29 is 0 Å². The van der Waals surface area contributed by atoms with Crippen LogP contribution >= 0.6 is 15.9 Å². The van der Waals surface area contributed by atoms with Crippen molar-refractivity contribution in [2.75, 3.05) is 0 Å². The third-order valence-electron chi connectivity index (χ3n) is 3.16. The Kier molecular flexibility index (Phi) is 4.26. The van der Waals surface area contributed by atoms with Crippen molar-refractivity contribution in [3.63, 3.8) is 0 Å². The van der Waals surface area contributed by atoms with Gasteiger partial charge >= 0.3 is 0 Å². The lowest BCUT2D eigenvalue weighted by atomic mass is 10.0. The molecular formula is C17H14BrN3. The van der Waals surface area contributed by atoms with Crippen LogP contribution in [-0.2, 0) is 6.54 Å². The minimum atomic E-state index is 0.691. The first-order valence-corrected chi connectivity index (χ1v) is 7.46. The molecule has 0 N–H and O–H groups in total. The van der Waals surface area contributed by atoms with Crippen LogP contribution in [0.2, 0.25) is 0 Å². The van der Waals surface area contributed by atoms with Crippen molar-refractivity contribution in [3.8, 4) is 0 Å². The van der Waals surface area contributed by atoms with Crippen LogP contribution in [0, 0.1) is 0 Å². The molecule has 0 atom stereocenters. The molecule has 0 fully saturated rings. The van der Waals surface area contributed by atoms with Gasteiger partial charge in [0.15, 0.2) is 0 Å². The molecule has 0 amide bonds. The maximum absolute atomic E-state index is 4.06. The van der Waals surface area contributed by atoms with Crippen LogP contribution in [0.25, 0.3) is 11.6 Å². The Morgan fingerprint density at radius 3 is 2.48 bits per heavy atom. The molecule has 0 saturated carbocycles. The van der Waals surface area contributed by atoms with E-state index in [0.29, 0.717) is 6.54 Å². The summed E-state index contributed by atoms with van der Waals surface area (Å²) in [6, 6.07) is 18.6. The molecule has 0 unspecified atom stereocenters. The fourth-order valence-electron chi connectivity index (χ4n) is 2.13. The van der Waals surface area contributed by atoms with E-state index < -0.39 is 0 Å². The van der Waals surface area contributed by atoms with E-state index in [4.69, 9.17) is 0 Å². The van der Waals surface area contributed by atoms with Gasteiger partial charge in [0.05, 0.1) is 12.7 Å². The summed E-state index contributed by atoms with van der Waals surface area (Å²) in [6.45, 7) is 0.691. The maximum atomic E-state index is 4.06. The van der Waals surface area contributed by atoms with Gasteiger partial charge in [-0.2, -0.15) is 0 Å². The second kappa shape index (κ2) is 6.50. The normalized spacial score (nSPS) is 11.6. The molecular weight excluding hydrogens is 326 g/mol. The first-order chi connectivity index (χ1) is 10.3. The standard InChI is InChI=1S/C17H14BrN3/c18-17-8-6-15(7-9-17)16(13-21-11-10-19-20-21)12-14-4-2-1-3-5-14/h1-12H,13H2/b16-12+. The number of rotatable bonds is 4. The average molecular weight is 340 g/mol. The highest BCUT2D eigenvalue weighted by molar-refractivity contribution is 9.10. The van der Waals surface area contributed by atoms with E-state index in [0.717, 1.165) is 4.47 Å². The number of hydrogen-bond donors (Lipinski definition) is 0. The summed E-state index contributed by atoms with van der Waals surface area (Å²) in [4.78, 5) is 0. The predicted octanol–water partition coefficient (Wildman–Crippen LogP) is 4.28. The maximum Gasteiger partial charge on any atom is 0.0693 e. The molecule has 0 radical (unpaired) electrons. The van der Waals surface area contributed by atoms with Crippen molar-refractivity contribution in [2.24, 2.45) is 0 Å². The van der Waals surface area contributed by atoms with Gasteiger partial charge < -0.3 is 0 Å². The molecule has 21 heavy (non-hydrogen) atoms. The molecule has 1 heterocycles. The molecule has 4 heteroatoms. The first-order valence-electron chi connectivity index (χ1n) is 6.67. The molecule has 0 aliphatic carbocycles. The van der Waals surface area contributed by atoms with Crippen molar-refractivity contribution in [3.05, 3.63) is 82.6 Å². The number of halogens is 1. The number of benzene rings is 2. The Bertz CT molecular complexity index is 716. The first kappa shape index (κ1) is 13.8. The molecule has 2 aromatic carbocycles. The topological polar surface area (TPSA) is 30.7 Å². The van der Waals surface area contributed by atoms with E-state index in [1.165, 1.54) is 16.7 Å². The summed E-state index contributed by atoms with van der Waals surface area (Å²) < 4.78 is 2.91. The van der Waals surface area contributed by atoms with Gasteiger partial charge in [0.2, 0.25) is 0 Å². The van der Waals surface area contributed by atoms with Gasteiger partial charge in [-0.25, -0.2) is 4.68 Å². The Hall–Kier alpha value is -2.20. The summed E-state index contributed by atoms with van der Waals surface area (Å²) in [5, 5.41) is 7.93. The van der Waals surface area contributed by atoms with Crippen LogP contribution in [-0.4, -0.2) is 15.0 Å². The van der Waals surface area contributed by atoms with E-state index >= 15 is 0 Å². The fraction of sp³-hybridized carbons (Fsp3) is 0.0588. The lowest BCUT2D eigenvalue weighted by Crippen LogP contribution is -2.01. The van der Waals surface area contributed by atoms with E-state index in [-0.39, 0.29) is 0 Å². The third-order valence-corrected chi connectivity index (χ3v) is 3.69. The summed E-state index contributed by atoms with van der Waals surface area (Å²) >= 11 is 3.48. The summed E-state index contributed by atoms with van der Waals surface area (Å²) in [6.07, 6.45) is 5.75. The highest BCUT2D eigenvalue weighted by Crippen LogP contribution is 2.22. The quantitative estimate of drug-likeness (QED) is 0.664. The SMILES string of the molecule is Brc1ccc(/C(=C/c2ccccc2)Cn2ccnn2)cc1. The van der Waals surface area contributed by atoms with Gasteiger partial charge in [-0.3, -0.25) is 0 Å². The fourth-order valence-corrected chi connectivity index (χ4v) is 2.39. The number of nitrogens with zero attached hydrogens (tertiary/aromatic N) is 3. The zero-order valence-corrected chi connectivity index (χ0v) is 12.9. The number of allylic oxidation sites excluding steroid dienone is 1. The van der Waals surface area contributed by atoms with Crippen LogP contribution in [0.15, 0.2) is 71.5 Å². The highest BCUT2D eigenvalue weighted by atomic mass is 79.9. The largest absolute Gasteiger partial charge is 0.248 e. The van der Waals surface area contributed by atoms with Crippen LogP contribution in [0.4, 0.5) is 0 Å². The van der Waals surface area contributed by atoms with E-state index in [1.54, 1.807) is 6.20 Å². The molecule has 0 saturated heterocycles. The van der Waals surface area contributed by atoms with E-state index in [2.05, 4.69) is 68.7 Å². The molecule has 3 nitrogen and oxygen atoms in total. The lowest BCUT2D eigenvalue weighted by molar-refractivity contribution is 0.671. The molecule has 0 aliphatic heterocycles. The predicted molar refractivity (Wildman–Crippen MR) is 88.5 cm³/mol. The minimum absolute atomic E-state index is 0.691. The molecule has 104 valence electrons.